The van der Waals surface area contributed by atoms with Crippen molar-refractivity contribution in [2.75, 3.05) is 17.7 Å². The van der Waals surface area contributed by atoms with Crippen molar-refractivity contribution in [1.82, 2.24) is 4.98 Å². The van der Waals surface area contributed by atoms with Crippen LogP contribution in [0.3, 0.4) is 0 Å². The summed E-state index contributed by atoms with van der Waals surface area (Å²) in [6, 6.07) is 6.91. The van der Waals surface area contributed by atoms with Crippen molar-refractivity contribution in [1.29, 1.82) is 0 Å². The van der Waals surface area contributed by atoms with Gasteiger partial charge in [-0.15, -0.1) is 11.3 Å². The first-order valence-corrected chi connectivity index (χ1v) is 6.68. The minimum Gasteiger partial charge on any atom is -0.482 e. The van der Waals surface area contributed by atoms with E-state index in [0.29, 0.717) is 22.3 Å². The van der Waals surface area contributed by atoms with E-state index in [0.717, 1.165) is 0 Å². The summed E-state index contributed by atoms with van der Waals surface area (Å²) in [4.78, 5) is 26.7. The number of carbonyl (C=O) groups is 2. The molecule has 6 nitrogen and oxygen atoms in total. The fraction of sp³-hybridized carbons (Fsp3) is 0.154. The van der Waals surface area contributed by atoms with E-state index in [1.54, 1.807) is 29.6 Å². The van der Waals surface area contributed by atoms with Crippen molar-refractivity contribution in [3.8, 4) is 5.75 Å². The Kier molecular flexibility index (Phi) is 4.31. The van der Waals surface area contributed by atoms with Gasteiger partial charge in [0, 0.05) is 12.3 Å². The van der Waals surface area contributed by atoms with Crippen molar-refractivity contribution >= 4 is 33.8 Å². The summed E-state index contributed by atoms with van der Waals surface area (Å²) in [5.41, 5.74) is 6.49. The Morgan fingerprint density at radius 3 is 2.80 bits per heavy atom. The number of nitrogen functional groups attached to an aromatic ring is 1. The molecule has 0 saturated carbocycles. The van der Waals surface area contributed by atoms with Gasteiger partial charge < -0.3 is 10.5 Å². The van der Waals surface area contributed by atoms with E-state index >= 15 is 0 Å². The van der Waals surface area contributed by atoms with Crippen molar-refractivity contribution in [3.05, 3.63) is 35.3 Å². The Bertz CT molecular complexity index is 639. The maximum absolute atomic E-state index is 11.7. The summed E-state index contributed by atoms with van der Waals surface area (Å²) in [5, 5.41) is 4.51. The lowest BCUT2D eigenvalue weighted by atomic mass is 10.3. The van der Waals surface area contributed by atoms with Gasteiger partial charge in [-0.05, 0) is 12.1 Å². The number of amides is 1. The zero-order chi connectivity index (χ0) is 14.5. The van der Waals surface area contributed by atoms with Crippen LogP contribution in [0.4, 0.5) is 10.8 Å². The number of para-hydroxylation sites is 2. The van der Waals surface area contributed by atoms with E-state index in [-0.39, 0.29) is 18.3 Å². The molecule has 2 aromatic rings. The van der Waals surface area contributed by atoms with Gasteiger partial charge in [0.15, 0.2) is 17.5 Å². The van der Waals surface area contributed by atoms with Crippen LogP contribution in [0.5, 0.6) is 5.75 Å². The second-order valence-electron chi connectivity index (χ2n) is 3.97. The molecule has 0 radical (unpaired) electrons. The van der Waals surface area contributed by atoms with Crippen LogP contribution in [-0.2, 0) is 4.79 Å². The largest absolute Gasteiger partial charge is 0.482 e. The third kappa shape index (κ3) is 3.55. The Balaban J connectivity index is 1.89. The van der Waals surface area contributed by atoms with Gasteiger partial charge in [-0.25, -0.2) is 4.98 Å². The number of Topliss-reactive ketones (excluding diaryl/α,β-unsaturated/α-hetero) is 1. The van der Waals surface area contributed by atoms with Crippen molar-refractivity contribution < 1.29 is 14.3 Å². The molecule has 2 rings (SSSR count). The number of carbonyl (C=O) groups excluding carboxylic acids is 2. The summed E-state index contributed by atoms with van der Waals surface area (Å²) in [7, 11) is 0. The summed E-state index contributed by atoms with van der Waals surface area (Å²) in [5.74, 6) is -0.0565. The van der Waals surface area contributed by atoms with E-state index in [2.05, 4.69) is 10.3 Å². The highest BCUT2D eigenvalue weighted by Gasteiger charge is 2.10. The number of ether oxygens (including phenoxy) is 1. The lowest BCUT2D eigenvalue weighted by Crippen LogP contribution is -2.20. The number of nitrogens with two attached hydrogens (primary N) is 1. The first kappa shape index (κ1) is 14.0. The molecule has 0 aliphatic carbocycles. The monoisotopic (exact) mass is 291 g/mol. The van der Waals surface area contributed by atoms with Crippen LogP contribution in [0.1, 0.15) is 17.4 Å². The molecule has 0 aliphatic rings. The van der Waals surface area contributed by atoms with E-state index in [9.17, 15) is 9.59 Å². The first-order valence-electron chi connectivity index (χ1n) is 5.80. The van der Waals surface area contributed by atoms with Crippen LogP contribution in [0, 0.1) is 0 Å². The standard InChI is InChI=1S/C13H13N3O3S/c1-8(17)10-7-20-13(15-10)16-12(18)6-19-11-5-3-2-4-9(11)14/h2-5,7H,6,14H2,1H3,(H,15,16,18). The molecule has 0 fully saturated rings. The molecule has 0 spiro atoms. The topological polar surface area (TPSA) is 94.3 Å². The molecular formula is C13H13N3O3S. The number of hydrogen-bond donors (Lipinski definition) is 2. The van der Waals surface area contributed by atoms with Crippen molar-refractivity contribution in [2.45, 2.75) is 6.92 Å². The SMILES string of the molecule is CC(=O)c1csc(NC(=O)COc2ccccc2N)n1. The fourth-order valence-corrected chi connectivity index (χ4v) is 2.17. The minimum atomic E-state index is -0.363. The summed E-state index contributed by atoms with van der Waals surface area (Å²) >= 11 is 1.19. The number of rotatable bonds is 5. The normalized spacial score (nSPS) is 10.1. The highest BCUT2D eigenvalue weighted by Crippen LogP contribution is 2.20. The molecule has 0 bridgehead atoms. The lowest BCUT2D eigenvalue weighted by molar-refractivity contribution is -0.118. The second-order valence-corrected chi connectivity index (χ2v) is 4.83. The first-order chi connectivity index (χ1) is 9.56. The van der Waals surface area contributed by atoms with Crippen LogP contribution in [-0.4, -0.2) is 23.3 Å². The van der Waals surface area contributed by atoms with Crippen LogP contribution < -0.4 is 15.8 Å². The average Bonchev–Trinajstić information content (AvgIpc) is 2.86. The highest BCUT2D eigenvalue weighted by molar-refractivity contribution is 7.14. The molecule has 0 atom stereocenters. The molecule has 0 aliphatic heterocycles. The van der Waals surface area contributed by atoms with Crippen LogP contribution >= 0.6 is 11.3 Å². The molecule has 0 unspecified atom stereocenters. The van der Waals surface area contributed by atoms with E-state index < -0.39 is 0 Å². The number of benzene rings is 1. The number of anilines is 2. The predicted molar refractivity (Wildman–Crippen MR) is 77.1 cm³/mol. The second kappa shape index (κ2) is 6.16. The van der Waals surface area contributed by atoms with E-state index in [4.69, 9.17) is 10.5 Å². The van der Waals surface area contributed by atoms with Gasteiger partial charge in [-0.2, -0.15) is 0 Å². The Hall–Kier alpha value is -2.41. The minimum absolute atomic E-state index is 0.143. The quantitative estimate of drug-likeness (QED) is 0.648. The van der Waals surface area contributed by atoms with Crippen LogP contribution in [0.2, 0.25) is 0 Å². The predicted octanol–water partition coefficient (Wildman–Crippen LogP) is 1.95. The molecule has 3 N–H and O–H groups in total. The van der Waals surface area contributed by atoms with Gasteiger partial charge in [-0.3, -0.25) is 14.9 Å². The number of nitrogens with one attached hydrogen (secondary N) is 1. The molecule has 0 saturated heterocycles. The maximum Gasteiger partial charge on any atom is 0.264 e. The fourth-order valence-electron chi connectivity index (χ4n) is 1.40. The van der Waals surface area contributed by atoms with Gasteiger partial charge in [-0.1, -0.05) is 12.1 Å². The Labute approximate surface area is 119 Å². The molecule has 7 heteroatoms. The number of nitrogens with zero attached hydrogens (tertiary/aromatic N) is 1. The number of ketones is 1. The van der Waals surface area contributed by atoms with Crippen molar-refractivity contribution in [3.63, 3.8) is 0 Å². The number of aromatic nitrogens is 1. The summed E-state index contributed by atoms with van der Waals surface area (Å²) < 4.78 is 5.30. The Morgan fingerprint density at radius 2 is 2.15 bits per heavy atom. The smallest absolute Gasteiger partial charge is 0.264 e. The molecule has 1 amide bonds. The molecular weight excluding hydrogens is 278 g/mol. The highest BCUT2D eigenvalue weighted by atomic mass is 32.1. The zero-order valence-corrected chi connectivity index (χ0v) is 11.6. The van der Waals surface area contributed by atoms with Gasteiger partial charge in [0.25, 0.3) is 5.91 Å². The van der Waals surface area contributed by atoms with E-state index in [1.807, 2.05) is 0 Å². The molecule has 1 heterocycles. The maximum atomic E-state index is 11.7. The molecule has 1 aromatic heterocycles. The average molecular weight is 291 g/mol. The lowest BCUT2D eigenvalue weighted by Gasteiger charge is -2.07. The van der Waals surface area contributed by atoms with Crippen LogP contribution in [0.25, 0.3) is 0 Å². The van der Waals surface area contributed by atoms with E-state index in [1.165, 1.54) is 18.3 Å². The molecule has 104 valence electrons. The number of hydrogen-bond acceptors (Lipinski definition) is 6. The zero-order valence-electron chi connectivity index (χ0n) is 10.8. The molecule has 1 aromatic carbocycles. The third-order valence-corrected chi connectivity index (χ3v) is 3.15. The third-order valence-electron chi connectivity index (χ3n) is 2.39. The van der Waals surface area contributed by atoms with Gasteiger partial charge in [0.05, 0.1) is 5.69 Å². The number of thiazole rings is 1. The molecule has 20 heavy (non-hydrogen) atoms. The van der Waals surface area contributed by atoms with Crippen molar-refractivity contribution in [2.24, 2.45) is 0 Å². The van der Waals surface area contributed by atoms with Crippen LogP contribution in [0.15, 0.2) is 29.6 Å². The summed E-state index contributed by atoms with van der Waals surface area (Å²) in [6.45, 7) is 1.24. The van der Waals surface area contributed by atoms with Gasteiger partial charge in [0.1, 0.15) is 11.4 Å². The van der Waals surface area contributed by atoms with Gasteiger partial charge in [0.2, 0.25) is 0 Å². The summed E-state index contributed by atoms with van der Waals surface area (Å²) in [6.07, 6.45) is 0. The van der Waals surface area contributed by atoms with Gasteiger partial charge >= 0.3 is 0 Å². The Morgan fingerprint density at radius 1 is 1.40 bits per heavy atom.